The third-order valence-electron chi connectivity index (χ3n) is 2.86. The molecular formula is C13H14ClNO3. The number of benzene rings is 1. The molecule has 0 aromatic heterocycles. The van der Waals surface area contributed by atoms with E-state index in [-0.39, 0.29) is 18.3 Å². The van der Waals surface area contributed by atoms with Crippen molar-refractivity contribution in [3.63, 3.8) is 0 Å². The molecule has 2 rings (SSSR count). The van der Waals surface area contributed by atoms with Crippen molar-refractivity contribution < 1.29 is 14.3 Å². The highest BCUT2D eigenvalue weighted by atomic mass is 35.5. The predicted octanol–water partition coefficient (Wildman–Crippen LogP) is 2.40. The fourth-order valence-electron chi connectivity index (χ4n) is 2.03. The van der Waals surface area contributed by atoms with Gasteiger partial charge in [-0.2, -0.15) is 0 Å². The summed E-state index contributed by atoms with van der Waals surface area (Å²) in [5.74, 6) is -0.933. The number of halogens is 1. The maximum absolute atomic E-state index is 11.7. The minimum Gasteiger partial charge on any atom is -0.466 e. The second-order valence-electron chi connectivity index (χ2n) is 4.21. The highest BCUT2D eigenvalue weighted by Gasteiger charge is 2.27. The Balaban J connectivity index is 2.27. The number of ether oxygens (including phenoxy) is 1. The van der Waals surface area contributed by atoms with E-state index in [0.717, 1.165) is 5.56 Å². The Hall–Kier alpha value is -1.55. The number of rotatable bonds is 2. The first-order valence-electron chi connectivity index (χ1n) is 5.85. The number of carbonyl (C=O) groups is 2. The molecule has 0 saturated carbocycles. The molecule has 0 spiro atoms. The van der Waals surface area contributed by atoms with Gasteiger partial charge in [0.05, 0.1) is 12.5 Å². The molecule has 18 heavy (non-hydrogen) atoms. The summed E-state index contributed by atoms with van der Waals surface area (Å²) in [6.07, 6.45) is 0.634. The van der Waals surface area contributed by atoms with Gasteiger partial charge in [0, 0.05) is 17.1 Å². The zero-order valence-corrected chi connectivity index (χ0v) is 10.8. The van der Waals surface area contributed by atoms with Gasteiger partial charge >= 0.3 is 5.97 Å². The molecule has 0 aliphatic carbocycles. The largest absolute Gasteiger partial charge is 0.466 e. The monoisotopic (exact) mass is 267 g/mol. The number of hydrogen-bond acceptors (Lipinski definition) is 3. The first kappa shape index (κ1) is 12.9. The van der Waals surface area contributed by atoms with E-state index < -0.39 is 5.92 Å². The molecule has 0 unspecified atom stereocenters. The van der Waals surface area contributed by atoms with E-state index >= 15 is 0 Å². The quantitative estimate of drug-likeness (QED) is 0.837. The molecule has 1 aliphatic rings. The van der Waals surface area contributed by atoms with Gasteiger partial charge in [-0.05, 0) is 31.0 Å². The Morgan fingerprint density at radius 1 is 1.50 bits per heavy atom. The van der Waals surface area contributed by atoms with Crippen LogP contribution in [0.25, 0.3) is 0 Å². The number of esters is 1. The summed E-state index contributed by atoms with van der Waals surface area (Å²) in [5, 5.41) is 3.32. The molecule has 1 amide bonds. The third kappa shape index (κ3) is 2.82. The lowest BCUT2D eigenvalue weighted by Gasteiger charge is -2.11. The van der Waals surface area contributed by atoms with Crippen LogP contribution < -0.4 is 5.32 Å². The van der Waals surface area contributed by atoms with Crippen LogP contribution >= 0.6 is 11.6 Å². The van der Waals surface area contributed by atoms with Crippen molar-refractivity contribution in [2.75, 3.05) is 11.9 Å². The Bertz CT molecular complexity index is 487. The molecule has 0 bridgehead atoms. The van der Waals surface area contributed by atoms with Gasteiger partial charge in [-0.3, -0.25) is 9.59 Å². The topological polar surface area (TPSA) is 55.4 Å². The minimum absolute atomic E-state index is 0.144. The van der Waals surface area contributed by atoms with Crippen LogP contribution in [0.5, 0.6) is 0 Å². The molecule has 0 saturated heterocycles. The lowest BCUT2D eigenvalue weighted by Crippen LogP contribution is -2.23. The van der Waals surface area contributed by atoms with Crippen molar-refractivity contribution in [1.82, 2.24) is 0 Å². The van der Waals surface area contributed by atoms with Gasteiger partial charge in [0.1, 0.15) is 0 Å². The van der Waals surface area contributed by atoms with Crippen LogP contribution in [0.4, 0.5) is 5.69 Å². The SMILES string of the molecule is CCOC(=O)[C@H]1CC(=O)Nc2cc(Cl)ccc2C1. The summed E-state index contributed by atoms with van der Waals surface area (Å²) < 4.78 is 4.98. The number of hydrogen-bond donors (Lipinski definition) is 1. The predicted molar refractivity (Wildman–Crippen MR) is 68.5 cm³/mol. The normalized spacial score (nSPS) is 18.6. The summed E-state index contributed by atoms with van der Waals surface area (Å²) in [7, 11) is 0. The molecule has 1 atom stereocenters. The van der Waals surface area contributed by atoms with Crippen LogP contribution in [-0.2, 0) is 20.7 Å². The summed E-state index contributed by atoms with van der Waals surface area (Å²) in [5.41, 5.74) is 1.59. The van der Waals surface area contributed by atoms with Crippen molar-refractivity contribution in [2.24, 2.45) is 5.92 Å². The Morgan fingerprint density at radius 3 is 3.00 bits per heavy atom. The number of carbonyl (C=O) groups excluding carboxylic acids is 2. The van der Waals surface area contributed by atoms with Gasteiger partial charge in [0.15, 0.2) is 0 Å². The highest BCUT2D eigenvalue weighted by Crippen LogP contribution is 2.28. The van der Waals surface area contributed by atoms with E-state index in [1.165, 1.54) is 0 Å². The van der Waals surface area contributed by atoms with Gasteiger partial charge in [-0.15, -0.1) is 0 Å². The Kier molecular flexibility index (Phi) is 3.87. The average Bonchev–Trinajstić information content (AvgIpc) is 2.47. The van der Waals surface area contributed by atoms with Crippen LogP contribution in [0.2, 0.25) is 5.02 Å². The molecule has 4 nitrogen and oxygen atoms in total. The molecule has 0 fully saturated rings. The van der Waals surface area contributed by atoms with E-state index in [2.05, 4.69) is 5.32 Å². The maximum Gasteiger partial charge on any atom is 0.309 e. The number of fused-ring (bicyclic) bond motifs is 1. The molecule has 1 aliphatic heterocycles. The van der Waals surface area contributed by atoms with Gasteiger partial charge in [0.2, 0.25) is 5.91 Å². The maximum atomic E-state index is 11.7. The van der Waals surface area contributed by atoms with Crippen LogP contribution in [-0.4, -0.2) is 18.5 Å². The fourth-order valence-corrected chi connectivity index (χ4v) is 2.20. The van der Waals surface area contributed by atoms with E-state index in [4.69, 9.17) is 16.3 Å². The van der Waals surface area contributed by atoms with Crippen molar-refractivity contribution in [3.8, 4) is 0 Å². The Morgan fingerprint density at radius 2 is 2.28 bits per heavy atom. The molecule has 1 N–H and O–H groups in total. The minimum atomic E-state index is -0.424. The first-order valence-corrected chi connectivity index (χ1v) is 6.23. The van der Waals surface area contributed by atoms with E-state index in [0.29, 0.717) is 23.7 Å². The van der Waals surface area contributed by atoms with Crippen LogP contribution in [0, 0.1) is 5.92 Å². The zero-order valence-electron chi connectivity index (χ0n) is 10.0. The van der Waals surface area contributed by atoms with Crippen molar-refractivity contribution in [2.45, 2.75) is 19.8 Å². The number of amides is 1. The molecule has 1 heterocycles. The average molecular weight is 268 g/mol. The zero-order chi connectivity index (χ0) is 13.1. The molecule has 1 aromatic carbocycles. The fraction of sp³-hybridized carbons (Fsp3) is 0.385. The summed E-state index contributed by atoms with van der Waals surface area (Å²) >= 11 is 5.88. The molecule has 5 heteroatoms. The van der Waals surface area contributed by atoms with E-state index in [1.807, 2.05) is 6.07 Å². The second kappa shape index (κ2) is 5.40. The van der Waals surface area contributed by atoms with Crippen LogP contribution in [0.1, 0.15) is 18.9 Å². The number of nitrogens with one attached hydrogen (secondary N) is 1. The Labute approximate surface area is 110 Å². The van der Waals surface area contributed by atoms with E-state index in [1.54, 1.807) is 19.1 Å². The summed E-state index contributed by atoms with van der Waals surface area (Å²) in [6, 6.07) is 5.28. The van der Waals surface area contributed by atoms with Gasteiger partial charge < -0.3 is 10.1 Å². The second-order valence-corrected chi connectivity index (χ2v) is 4.64. The smallest absolute Gasteiger partial charge is 0.309 e. The lowest BCUT2D eigenvalue weighted by molar-refractivity contribution is -0.149. The van der Waals surface area contributed by atoms with Crippen molar-refractivity contribution in [1.29, 1.82) is 0 Å². The van der Waals surface area contributed by atoms with Gasteiger partial charge in [0.25, 0.3) is 0 Å². The summed E-state index contributed by atoms with van der Waals surface area (Å²) in [4.78, 5) is 23.5. The molecule has 1 aromatic rings. The number of anilines is 1. The summed E-state index contributed by atoms with van der Waals surface area (Å²) in [6.45, 7) is 2.08. The molecule has 0 radical (unpaired) electrons. The van der Waals surface area contributed by atoms with Crippen LogP contribution in [0.15, 0.2) is 18.2 Å². The highest BCUT2D eigenvalue weighted by molar-refractivity contribution is 6.31. The van der Waals surface area contributed by atoms with Gasteiger partial charge in [-0.25, -0.2) is 0 Å². The third-order valence-corrected chi connectivity index (χ3v) is 3.10. The first-order chi connectivity index (χ1) is 8.60. The van der Waals surface area contributed by atoms with Crippen LogP contribution in [0.3, 0.4) is 0 Å². The van der Waals surface area contributed by atoms with Crippen molar-refractivity contribution >= 4 is 29.2 Å². The van der Waals surface area contributed by atoms with Crippen molar-refractivity contribution in [3.05, 3.63) is 28.8 Å². The van der Waals surface area contributed by atoms with E-state index in [9.17, 15) is 9.59 Å². The molecule has 96 valence electrons. The van der Waals surface area contributed by atoms with Gasteiger partial charge in [-0.1, -0.05) is 17.7 Å². The molecular weight excluding hydrogens is 254 g/mol. The lowest BCUT2D eigenvalue weighted by atomic mass is 9.97. The standard InChI is InChI=1S/C13H14ClNO3/c1-2-18-13(17)9-5-8-3-4-10(14)7-11(8)15-12(16)6-9/h3-4,7,9H,2,5-6H2,1H3,(H,15,16)/t9-/m1/s1.